The number of nitrogens with zero attached hydrogens (tertiary/aromatic N) is 5. The minimum atomic E-state index is 0.891. The highest BCUT2D eigenvalue weighted by Crippen LogP contribution is 2.38. The van der Waals surface area contributed by atoms with Gasteiger partial charge in [-0.3, -0.25) is 14.1 Å². The van der Waals surface area contributed by atoms with E-state index in [2.05, 4.69) is 88.0 Å². The van der Waals surface area contributed by atoms with Crippen molar-refractivity contribution >= 4 is 65.6 Å². The summed E-state index contributed by atoms with van der Waals surface area (Å²) < 4.78 is 5.57. The topological polar surface area (TPSA) is 48.5 Å². The number of hydrogen-bond donors (Lipinski definition) is 0. The zero-order valence-electron chi connectivity index (χ0n) is 18.5. The van der Waals surface area contributed by atoms with E-state index >= 15 is 0 Å². The fourth-order valence-corrected chi connectivity index (χ4v) is 6.09. The van der Waals surface area contributed by atoms with Gasteiger partial charge in [0.25, 0.3) is 0 Å². The third-order valence-electron chi connectivity index (χ3n) is 6.61. The maximum atomic E-state index is 5.33. The molecule has 0 atom stereocenters. The van der Waals surface area contributed by atoms with E-state index in [1.54, 1.807) is 11.3 Å². The first-order valence-corrected chi connectivity index (χ1v) is 12.3. The van der Waals surface area contributed by atoms with Crippen molar-refractivity contribution in [3.05, 3.63) is 103 Å². The summed E-state index contributed by atoms with van der Waals surface area (Å²) in [5.41, 5.74) is 6.96. The molecule has 0 radical (unpaired) electrons. The van der Waals surface area contributed by atoms with Crippen LogP contribution in [0.25, 0.3) is 65.0 Å². The molecule has 0 aliphatic carbocycles. The predicted octanol–water partition coefficient (Wildman–Crippen LogP) is 7.28. The molecular formula is C29H17N5S. The van der Waals surface area contributed by atoms with Crippen LogP contribution in [0.15, 0.2) is 103 Å². The van der Waals surface area contributed by atoms with E-state index in [0.717, 1.165) is 65.0 Å². The largest absolute Gasteiger partial charge is 0.292 e. The van der Waals surface area contributed by atoms with E-state index in [1.807, 2.05) is 24.4 Å². The van der Waals surface area contributed by atoms with Crippen LogP contribution < -0.4 is 0 Å². The molecule has 35 heavy (non-hydrogen) atoms. The lowest BCUT2D eigenvalue weighted by Crippen LogP contribution is -1.98. The lowest BCUT2D eigenvalue weighted by atomic mass is 10.1. The van der Waals surface area contributed by atoms with Crippen LogP contribution in [0.5, 0.6) is 0 Å². The first kappa shape index (κ1) is 18.8. The van der Waals surface area contributed by atoms with Gasteiger partial charge in [0.2, 0.25) is 0 Å². The molecule has 6 heteroatoms. The summed E-state index contributed by atoms with van der Waals surface area (Å²) >= 11 is 1.69. The highest BCUT2D eigenvalue weighted by Gasteiger charge is 2.21. The molecule has 5 nitrogen and oxygen atoms in total. The van der Waals surface area contributed by atoms with Gasteiger partial charge >= 0.3 is 0 Å². The van der Waals surface area contributed by atoms with Crippen molar-refractivity contribution in [3.8, 4) is 10.8 Å². The second-order valence-electron chi connectivity index (χ2n) is 8.59. The number of fused-ring (bicyclic) bond motifs is 7. The van der Waals surface area contributed by atoms with Gasteiger partial charge in [0.05, 0.1) is 26.8 Å². The number of thiazole rings is 1. The molecule has 0 aliphatic rings. The quantitative estimate of drug-likeness (QED) is 0.268. The Kier molecular flexibility index (Phi) is 3.75. The zero-order valence-corrected chi connectivity index (χ0v) is 19.3. The monoisotopic (exact) mass is 467 g/mol. The Labute approximate surface area is 203 Å². The summed E-state index contributed by atoms with van der Waals surface area (Å²) in [4.78, 5) is 15.1. The van der Waals surface area contributed by atoms with Gasteiger partial charge in [0.15, 0.2) is 5.13 Å². The van der Waals surface area contributed by atoms with Crippen LogP contribution in [0.2, 0.25) is 0 Å². The van der Waals surface area contributed by atoms with E-state index < -0.39 is 0 Å². The maximum Gasteiger partial charge on any atom is 0.196 e. The molecule has 0 aliphatic heterocycles. The van der Waals surface area contributed by atoms with Crippen molar-refractivity contribution in [1.82, 2.24) is 24.1 Å². The first-order valence-electron chi connectivity index (χ1n) is 11.5. The molecule has 0 N–H and O–H groups in total. The fourth-order valence-electron chi connectivity index (χ4n) is 5.10. The van der Waals surface area contributed by atoms with Crippen LogP contribution in [-0.2, 0) is 0 Å². The van der Waals surface area contributed by atoms with Crippen LogP contribution in [0.1, 0.15) is 0 Å². The average Bonchev–Trinajstić information content (AvgIpc) is 3.57. The number of hydrogen-bond acceptors (Lipinski definition) is 4. The van der Waals surface area contributed by atoms with Crippen molar-refractivity contribution in [2.75, 3.05) is 0 Å². The Balaban J connectivity index is 1.57. The summed E-state index contributed by atoms with van der Waals surface area (Å²) in [5.74, 6) is 0. The smallest absolute Gasteiger partial charge is 0.196 e. The number of pyridine rings is 2. The third kappa shape index (κ3) is 2.60. The van der Waals surface area contributed by atoms with Gasteiger partial charge in [-0.05, 0) is 48.5 Å². The Morgan fingerprint density at radius 3 is 2.29 bits per heavy atom. The van der Waals surface area contributed by atoms with E-state index in [1.165, 1.54) is 0 Å². The normalized spacial score (nSPS) is 12.0. The zero-order chi connectivity index (χ0) is 22.9. The molecule has 8 rings (SSSR count). The van der Waals surface area contributed by atoms with Crippen molar-refractivity contribution in [2.45, 2.75) is 0 Å². The fraction of sp³-hybridized carbons (Fsp3) is 0. The van der Waals surface area contributed by atoms with E-state index in [9.17, 15) is 0 Å². The molecular weight excluding hydrogens is 450 g/mol. The Morgan fingerprint density at radius 1 is 0.600 bits per heavy atom. The van der Waals surface area contributed by atoms with Crippen LogP contribution >= 0.6 is 11.3 Å². The van der Waals surface area contributed by atoms with Gasteiger partial charge in [0.1, 0.15) is 11.3 Å². The van der Waals surface area contributed by atoms with Gasteiger partial charge in [-0.1, -0.05) is 59.9 Å². The van der Waals surface area contributed by atoms with Crippen LogP contribution in [0.4, 0.5) is 0 Å². The van der Waals surface area contributed by atoms with Crippen LogP contribution in [0.3, 0.4) is 0 Å². The number of benzene rings is 3. The van der Waals surface area contributed by atoms with Gasteiger partial charge in [0, 0.05) is 28.0 Å². The Morgan fingerprint density at radius 2 is 1.37 bits per heavy atom. The van der Waals surface area contributed by atoms with Gasteiger partial charge < -0.3 is 0 Å². The third-order valence-corrected chi connectivity index (χ3v) is 7.63. The van der Waals surface area contributed by atoms with Crippen molar-refractivity contribution < 1.29 is 0 Å². The number of para-hydroxylation sites is 3. The molecule has 0 fully saturated rings. The minimum Gasteiger partial charge on any atom is -0.292 e. The Bertz CT molecular complexity index is 2030. The first-order chi connectivity index (χ1) is 17.4. The summed E-state index contributed by atoms with van der Waals surface area (Å²) in [6.07, 6.45) is 1.85. The van der Waals surface area contributed by atoms with Crippen molar-refractivity contribution in [3.63, 3.8) is 0 Å². The summed E-state index contributed by atoms with van der Waals surface area (Å²) in [6, 6.07) is 33.5. The predicted molar refractivity (Wildman–Crippen MR) is 144 cm³/mol. The lowest BCUT2D eigenvalue weighted by Gasteiger charge is -2.07. The highest BCUT2D eigenvalue weighted by molar-refractivity contribution is 7.20. The number of aromatic nitrogens is 5. The lowest BCUT2D eigenvalue weighted by molar-refractivity contribution is 1.09. The highest BCUT2D eigenvalue weighted by atomic mass is 32.1. The van der Waals surface area contributed by atoms with E-state index in [0.29, 0.717) is 0 Å². The second kappa shape index (κ2) is 6.98. The van der Waals surface area contributed by atoms with Crippen LogP contribution in [0, 0.1) is 0 Å². The van der Waals surface area contributed by atoms with Gasteiger partial charge in [-0.25, -0.2) is 9.97 Å². The Hall–Kier alpha value is -4.55. The summed E-state index contributed by atoms with van der Waals surface area (Å²) in [5, 5.41) is 4.23. The number of rotatable bonds is 2. The van der Waals surface area contributed by atoms with Gasteiger partial charge in [-0.15, -0.1) is 0 Å². The van der Waals surface area contributed by atoms with Crippen molar-refractivity contribution in [2.24, 2.45) is 0 Å². The molecule has 3 aromatic carbocycles. The SMILES string of the molecule is c1ccc(-n2c3cccnc3c3cc4c5ccccc5n(-c5nc6ccccc6s5)c4nc32)cc1. The molecule has 5 heterocycles. The van der Waals surface area contributed by atoms with Crippen molar-refractivity contribution in [1.29, 1.82) is 0 Å². The second-order valence-corrected chi connectivity index (χ2v) is 9.60. The summed E-state index contributed by atoms with van der Waals surface area (Å²) in [6.45, 7) is 0. The van der Waals surface area contributed by atoms with Crippen LogP contribution in [-0.4, -0.2) is 24.1 Å². The summed E-state index contributed by atoms with van der Waals surface area (Å²) in [7, 11) is 0. The average molecular weight is 468 g/mol. The van der Waals surface area contributed by atoms with E-state index in [4.69, 9.17) is 15.0 Å². The molecule has 0 unspecified atom stereocenters. The molecule has 0 bridgehead atoms. The molecule has 0 saturated heterocycles. The van der Waals surface area contributed by atoms with E-state index in [-0.39, 0.29) is 0 Å². The molecule has 8 aromatic rings. The molecule has 5 aromatic heterocycles. The van der Waals surface area contributed by atoms with Gasteiger partial charge in [-0.2, -0.15) is 0 Å². The standard InChI is InChI=1S/C29H17N5S/c1-2-9-18(10-3-1)33-24-14-8-16-30-26(24)21-17-20-19-11-4-6-13-23(19)34(27(20)32-28(21)33)29-31-22-12-5-7-15-25(22)35-29/h1-17H. The molecule has 0 saturated carbocycles. The molecule has 0 spiro atoms. The minimum absolute atomic E-state index is 0.891. The maximum absolute atomic E-state index is 5.33. The molecule has 164 valence electrons. The molecule has 0 amide bonds.